The fourth-order valence-electron chi connectivity index (χ4n) is 3.53. The van der Waals surface area contributed by atoms with Gasteiger partial charge in [-0.15, -0.1) is 0 Å². The Kier molecular flexibility index (Phi) is 6.03. The van der Waals surface area contributed by atoms with Crippen LogP contribution in [0.15, 0.2) is 79.0 Å². The zero-order valence-electron chi connectivity index (χ0n) is 16.6. The van der Waals surface area contributed by atoms with Crippen LogP contribution in [0.5, 0.6) is 0 Å². The summed E-state index contributed by atoms with van der Waals surface area (Å²) in [5, 5.41) is 6.24. The number of rotatable bonds is 7. The molecule has 0 bridgehead atoms. The first-order valence-electron chi connectivity index (χ1n) is 10.1. The van der Waals surface area contributed by atoms with Crippen LogP contribution in [-0.2, 0) is 16.0 Å². The Hall–Kier alpha value is -3.67. The summed E-state index contributed by atoms with van der Waals surface area (Å²) in [5.41, 5.74) is 3.61. The number of nitrogens with zero attached hydrogens (tertiary/aromatic N) is 2. The maximum absolute atomic E-state index is 12.6. The lowest BCUT2D eigenvalue weighted by atomic mass is 10.1. The smallest absolute Gasteiger partial charge is 0.229 e. The Morgan fingerprint density at radius 1 is 0.933 bits per heavy atom. The number of nitrogens with one attached hydrogen (secondary N) is 2. The third kappa shape index (κ3) is 5.03. The molecule has 1 aromatic heterocycles. The number of anilines is 3. The van der Waals surface area contributed by atoms with Crippen molar-refractivity contribution in [2.45, 2.75) is 12.8 Å². The topological polar surface area (TPSA) is 74.3 Å². The largest absolute Gasteiger partial charge is 0.356 e. The van der Waals surface area contributed by atoms with Crippen molar-refractivity contribution in [3.63, 3.8) is 0 Å². The summed E-state index contributed by atoms with van der Waals surface area (Å²) in [6.45, 7) is 1.03. The molecule has 2 aromatic carbocycles. The summed E-state index contributed by atoms with van der Waals surface area (Å²) in [6, 6.07) is 23.2. The van der Waals surface area contributed by atoms with Crippen molar-refractivity contribution < 1.29 is 9.59 Å². The maximum atomic E-state index is 12.6. The monoisotopic (exact) mass is 400 g/mol. The molecular weight excluding hydrogens is 376 g/mol. The van der Waals surface area contributed by atoms with E-state index in [1.807, 2.05) is 72.8 Å². The number of amides is 2. The number of carbonyl (C=O) groups excluding carboxylic acids is 2. The molecule has 2 amide bonds. The van der Waals surface area contributed by atoms with Gasteiger partial charge >= 0.3 is 0 Å². The van der Waals surface area contributed by atoms with Crippen molar-refractivity contribution in [1.82, 2.24) is 9.88 Å². The number of hydrogen-bond donors (Lipinski definition) is 2. The van der Waals surface area contributed by atoms with Gasteiger partial charge in [0.25, 0.3) is 0 Å². The highest BCUT2D eigenvalue weighted by molar-refractivity contribution is 5.97. The van der Waals surface area contributed by atoms with Gasteiger partial charge in [0, 0.05) is 54.9 Å². The van der Waals surface area contributed by atoms with Gasteiger partial charge < -0.3 is 15.5 Å². The molecule has 1 aliphatic rings. The van der Waals surface area contributed by atoms with E-state index < -0.39 is 0 Å². The van der Waals surface area contributed by atoms with Crippen LogP contribution in [0.1, 0.15) is 12.1 Å². The van der Waals surface area contributed by atoms with Gasteiger partial charge in [-0.25, -0.2) is 0 Å². The van der Waals surface area contributed by atoms with Crippen molar-refractivity contribution in [3.8, 4) is 0 Å². The lowest BCUT2D eigenvalue weighted by molar-refractivity contribution is -0.128. The molecule has 3 aromatic rings. The molecule has 1 fully saturated rings. The molecule has 1 aliphatic heterocycles. The van der Waals surface area contributed by atoms with E-state index in [-0.39, 0.29) is 24.2 Å². The van der Waals surface area contributed by atoms with Crippen LogP contribution in [0.3, 0.4) is 0 Å². The van der Waals surface area contributed by atoms with Crippen LogP contribution in [0.25, 0.3) is 0 Å². The zero-order valence-corrected chi connectivity index (χ0v) is 16.6. The molecule has 1 saturated heterocycles. The predicted molar refractivity (Wildman–Crippen MR) is 117 cm³/mol. The summed E-state index contributed by atoms with van der Waals surface area (Å²) in [4.78, 5) is 31.0. The molecular formula is C24H24N4O2. The van der Waals surface area contributed by atoms with Crippen molar-refractivity contribution in [3.05, 3.63) is 84.7 Å². The van der Waals surface area contributed by atoms with Crippen LogP contribution in [-0.4, -0.2) is 34.8 Å². The number of likely N-dealkylation sites (tertiary alicyclic amines) is 1. The first-order chi connectivity index (χ1) is 14.7. The van der Waals surface area contributed by atoms with Gasteiger partial charge in [-0.05, 0) is 48.5 Å². The summed E-state index contributed by atoms with van der Waals surface area (Å²) in [5.74, 6) is -0.427. The normalized spacial score (nSPS) is 15.8. The van der Waals surface area contributed by atoms with E-state index in [9.17, 15) is 9.59 Å². The van der Waals surface area contributed by atoms with Crippen LogP contribution in [0, 0.1) is 5.92 Å². The Balaban J connectivity index is 1.29. The van der Waals surface area contributed by atoms with Gasteiger partial charge in [0.05, 0.1) is 5.92 Å². The van der Waals surface area contributed by atoms with Gasteiger partial charge in [0.15, 0.2) is 0 Å². The molecule has 2 heterocycles. The molecule has 0 aliphatic carbocycles. The number of carbonyl (C=O) groups is 2. The lowest BCUT2D eigenvalue weighted by Crippen LogP contribution is -2.30. The molecule has 30 heavy (non-hydrogen) atoms. The van der Waals surface area contributed by atoms with Crippen molar-refractivity contribution in [2.75, 3.05) is 23.7 Å². The highest BCUT2D eigenvalue weighted by atomic mass is 16.2. The van der Waals surface area contributed by atoms with Crippen LogP contribution >= 0.6 is 0 Å². The van der Waals surface area contributed by atoms with E-state index in [1.54, 1.807) is 11.1 Å². The first-order valence-corrected chi connectivity index (χ1v) is 10.1. The average molecular weight is 400 g/mol. The van der Waals surface area contributed by atoms with E-state index in [1.165, 1.54) is 0 Å². The minimum Gasteiger partial charge on any atom is -0.356 e. The standard InChI is InChI=1S/C24H24N4O2/c29-23-16-18(17-28(23)15-13-19-6-4-5-14-25-19)24(30)27-22-11-9-21(10-12-22)26-20-7-2-1-3-8-20/h1-12,14,18,26H,13,15-17H2,(H,27,30). The molecule has 152 valence electrons. The summed E-state index contributed by atoms with van der Waals surface area (Å²) in [6.07, 6.45) is 2.69. The zero-order chi connectivity index (χ0) is 20.8. The fourth-order valence-corrected chi connectivity index (χ4v) is 3.53. The van der Waals surface area contributed by atoms with Crippen molar-refractivity contribution in [2.24, 2.45) is 5.92 Å². The van der Waals surface area contributed by atoms with E-state index >= 15 is 0 Å². The minimum atomic E-state index is -0.330. The number of aromatic nitrogens is 1. The number of para-hydroxylation sites is 1. The summed E-state index contributed by atoms with van der Waals surface area (Å²) in [7, 11) is 0. The highest BCUT2D eigenvalue weighted by Crippen LogP contribution is 2.22. The maximum Gasteiger partial charge on any atom is 0.229 e. The van der Waals surface area contributed by atoms with Gasteiger partial charge in [-0.1, -0.05) is 24.3 Å². The van der Waals surface area contributed by atoms with Gasteiger partial charge in [0.1, 0.15) is 0 Å². The van der Waals surface area contributed by atoms with E-state index in [0.717, 1.165) is 22.8 Å². The first kappa shape index (κ1) is 19.6. The SMILES string of the molecule is O=C(Nc1ccc(Nc2ccccc2)cc1)C1CC(=O)N(CCc2ccccn2)C1. The van der Waals surface area contributed by atoms with Crippen molar-refractivity contribution >= 4 is 28.9 Å². The van der Waals surface area contributed by atoms with E-state index in [0.29, 0.717) is 19.5 Å². The number of benzene rings is 2. The average Bonchev–Trinajstić information content (AvgIpc) is 3.16. The third-order valence-corrected chi connectivity index (χ3v) is 5.16. The molecule has 6 heteroatoms. The molecule has 4 rings (SSSR count). The second-order valence-electron chi connectivity index (χ2n) is 7.37. The van der Waals surface area contributed by atoms with Crippen LogP contribution < -0.4 is 10.6 Å². The second kappa shape index (κ2) is 9.22. The predicted octanol–water partition coefficient (Wildman–Crippen LogP) is 3.85. The summed E-state index contributed by atoms with van der Waals surface area (Å²) < 4.78 is 0. The number of pyridine rings is 1. The lowest BCUT2D eigenvalue weighted by Gasteiger charge is -2.16. The van der Waals surface area contributed by atoms with E-state index in [4.69, 9.17) is 0 Å². The van der Waals surface area contributed by atoms with E-state index in [2.05, 4.69) is 15.6 Å². The molecule has 1 atom stereocenters. The molecule has 0 saturated carbocycles. The van der Waals surface area contributed by atoms with Crippen LogP contribution in [0.4, 0.5) is 17.1 Å². The van der Waals surface area contributed by atoms with Gasteiger partial charge in [-0.3, -0.25) is 14.6 Å². The molecule has 0 spiro atoms. The molecule has 6 nitrogen and oxygen atoms in total. The number of hydrogen-bond acceptors (Lipinski definition) is 4. The van der Waals surface area contributed by atoms with Gasteiger partial charge in [-0.2, -0.15) is 0 Å². The molecule has 0 radical (unpaired) electrons. The van der Waals surface area contributed by atoms with Crippen LogP contribution in [0.2, 0.25) is 0 Å². The Bertz CT molecular complexity index is 991. The molecule has 1 unspecified atom stereocenters. The Labute approximate surface area is 175 Å². The Morgan fingerprint density at radius 3 is 2.37 bits per heavy atom. The second-order valence-corrected chi connectivity index (χ2v) is 7.37. The van der Waals surface area contributed by atoms with Crippen molar-refractivity contribution in [1.29, 1.82) is 0 Å². The highest BCUT2D eigenvalue weighted by Gasteiger charge is 2.34. The van der Waals surface area contributed by atoms with Gasteiger partial charge in [0.2, 0.25) is 11.8 Å². The molecule has 2 N–H and O–H groups in total. The fraction of sp³-hybridized carbons (Fsp3) is 0.208. The third-order valence-electron chi connectivity index (χ3n) is 5.16. The quantitative estimate of drug-likeness (QED) is 0.632. The minimum absolute atomic E-state index is 0.0218. The Morgan fingerprint density at radius 2 is 1.63 bits per heavy atom. The summed E-state index contributed by atoms with van der Waals surface area (Å²) >= 11 is 0.